The van der Waals surface area contributed by atoms with Gasteiger partial charge in [-0.15, -0.1) is 0 Å². The summed E-state index contributed by atoms with van der Waals surface area (Å²) in [4.78, 5) is 15.1. The summed E-state index contributed by atoms with van der Waals surface area (Å²) >= 11 is 0. The minimum Gasteiger partial charge on any atom is -0.465 e. The summed E-state index contributed by atoms with van der Waals surface area (Å²) in [6, 6.07) is 7.87. The molecule has 1 aromatic heterocycles. The number of hydrogen-bond donors (Lipinski definition) is 1. The molecule has 1 aromatic carbocycles. The molecule has 2 aromatic rings. The summed E-state index contributed by atoms with van der Waals surface area (Å²) in [5, 5.41) is 1.09. The summed E-state index contributed by atoms with van der Waals surface area (Å²) in [5.41, 5.74) is 2.97. The molecule has 0 spiro atoms. The number of carbonyl (C=O) groups is 1. The number of aryl methyl sites for hydroxylation is 1. The molecule has 0 aliphatic rings. The number of aromatic amines is 1. The van der Waals surface area contributed by atoms with Crippen LogP contribution in [-0.2, 0) is 11.2 Å². The molecule has 0 saturated carbocycles. The SMILES string of the molecule is CCCCCCCCCCCCCCCCCc1cc2cc(C(=O)OC)ccc2[nH]1. The van der Waals surface area contributed by atoms with Crippen LogP contribution in [0.5, 0.6) is 0 Å². The average molecular weight is 414 g/mol. The van der Waals surface area contributed by atoms with E-state index < -0.39 is 0 Å². The molecular weight excluding hydrogens is 370 g/mol. The number of ether oxygens (including phenoxy) is 1. The van der Waals surface area contributed by atoms with Crippen molar-refractivity contribution >= 4 is 16.9 Å². The van der Waals surface area contributed by atoms with Crippen LogP contribution < -0.4 is 0 Å². The van der Waals surface area contributed by atoms with Crippen LogP contribution in [-0.4, -0.2) is 18.1 Å². The van der Waals surface area contributed by atoms with Crippen molar-refractivity contribution in [2.45, 2.75) is 110 Å². The number of esters is 1. The highest BCUT2D eigenvalue weighted by Gasteiger charge is 2.08. The van der Waals surface area contributed by atoms with Crippen molar-refractivity contribution < 1.29 is 9.53 Å². The van der Waals surface area contributed by atoms with Gasteiger partial charge in [0.05, 0.1) is 12.7 Å². The summed E-state index contributed by atoms with van der Waals surface area (Å²) in [7, 11) is 1.42. The van der Waals surface area contributed by atoms with Crippen molar-refractivity contribution in [3.05, 3.63) is 35.5 Å². The quantitative estimate of drug-likeness (QED) is 0.209. The Kier molecular flexibility index (Phi) is 12.3. The summed E-state index contributed by atoms with van der Waals surface area (Å²) in [6.07, 6.45) is 22.0. The van der Waals surface area contributed by atoms with E-state index in [-0.39, 0.29) is 5.97 Å². The number of H-pyrrole nitrogens is 1. The Hall–Kier alpha value is -1.77. The lowest BCUT2D eigenvalue weighted by molar-refractivity contribution is 0.0601. The maximum absolute atomic E-state index is 11.7. The van der Waals surface area contributed by atoms with Gasteiger partial charge in [0, 0.05) is 16.6 Å². The monoisotopic (exact) mass is 413 g/mol. The van der Waals surface area contributed by atoms with Gasteiger partial charge in [-0.2, -0.15) is 0 Å². The number of benzene rings is 1. The van der Waals surface area contributed by atoms with Crippen molar-refractivity contribution in [3.63, 3.8) is 0 Å². The molecule has 0 atom stereocenters. The topological polar surface area (TPSA) is 42.1 Å². The third-order valence-corrected chi connectivity index (χ3v) is 6.15. The molecule has 1 heterocycles. The fourth-order valence-corrected chi connectivity index (χ4v) is 4.26. The zero-order valence-electron chi connectivity index (χ0n) is 19.4. The van der Waals surface area contributed by atoms with Crippen LogP contribution >= 0.6 is 0 Å². The zero-order chi connectivity index (χ0) is 21.4. The van der Waals surface area contributed by atoms with Gasteiger partial charge in [-0.25, -0.2) is 4.79 Å². The van der Waals surface area contributed by atoms with E-state index in [2.05, 4.69) is 18.0 Å². The number of fused-ring (bicyclic) bond motifs is 1. The average Bonchev–Trinajstić information content (AvgIpc) is 3.17. The smallest absolute Gasteiger partial charge is 0.337 e. The van der Waals surface area contributed by atoms with Gasteiger partial charge in [0.1, 0.15) is 0 Å². The molecule has 0 saturated heterocycles. The third-order valence-electron chi connectivity index (χ3n) is 6.15. The first-order valence-corrected chi connectivity index (χ1v) is 12.4. The fourth-order valence-electron chi connectivity index (χ4n) is 4.26. The Morgan fingerprint density at radius 1 is 0.767 bits per heavy atom. The Bertz CT molecular complexity index is 719. The Morgan fingerprint density at radius 2 is 1.30 bits per heavy atom. The van der Waals surface area contributed by atoms with Crippen LogP contribution in [0.3, 0.4) is 0 Å². The summed E-state index contributed by atoms with van der Waals surface area (Å²) in [6.45, 7) is 2.29. The highest BCUT2D eigenvalue weighted by atomic mass is 16.5. The van der Waals surface area contributed by atoms with Crippen LogP contribution in [0.25, 0.3) is 10.9 Å². The second-order valence-electron chi connectivity index (χ2n) is 8.79. The van der Waals surface area contributed by atoms with E-state index in [4.69, 9.17) is 4.74 Å². The lowest BCUT2D eigenvalue weighted by Crippen LogP contribution is -2.00. The summed E-state index contributed by atoms with van der Waals surface area (Å²) in [5.74, 6) is -0.276. The third kappa shape index (κ3) is 9.36. The molecule has 0 radical (unpaired) electrons. The van der Waals surface area contributed by atoms with E-state index in [0.717, 1.165) is 17.3 Å². The van der Waals surface area contributed by atoms with E-state index in [0.29, 0.717) is 5.56 Å². The van der Waals surface area contributed by atoms with E-state index in [1.54, 1.807) is 0 Å². The van der Waals surface area contributed by atoms with Crippen molar-refractivity contribution in [1.82, 2.24) is 4.98 Å². The number of unbranched alkanes of at least 4 members (excludes halogenated alkanes) is 14. The highest BCUT2D eigenvalue weighted by molar-refractivity contribution is 5.94. The van der Waals surface area contributed by atoms with E-state index in [9.17, 15) is 4.79 Å². The molecule has 30 heavy (non-hydrogen) atoms. The van der Waals surface area contributed by atoms with Gasteiger partial charge in [-0.1, -0.05) is 96.8 Å². The number of hydrogen-bond acceptors (Lipinski definition) is 2. The summed E-state index contributed by atoms with van der Waals surface area (Å²) < 4.78 is 4.80. The molecule has 2 rings (SSSR count). The van der Waals surface area contributed by atoms with Gasteiger partial charge in [0.25, 0.3) is 0 Å². The first-order valence-electron chi connectivity index (χ1n) is 12.4. The van der Waals surface area contributed by atoms with Crippen LogP contribution in [0.1, 0.15) is 119 Å². The molecule has 168 valence electrons. The van der Waals surface area contributed by atoms with E-state index in [1.165, 1.54) is 109 Å². The van der Waals surface area contributed by atoms with Gasteiger partial charge < -0.3 is 9.72 Å². The number of rotatable bonds is 17. The van der Waals surface area contributed by atoms with Gasteiger partial charge in [0.15, 0.2) is 0 Å². The van der Waals surface area contributed by atoms with Crippen LogP contribution in [0.4, 0.5) is 0 Å². The van der Waals surface area contributed by atoms with Gasteiger partial charge in [-0.05, 0) is 37.1 Å². The first kappa shape index (κ1) is 24.5. The second-order valence-corrected chi connectivity index (χ2v) is 8.79. The maximum atomic E-state index is 11.7. The van der Waals surface area contributed by atoms with Gasteiger partial charge in [-0.3, -0.25) is 0 Å². The van der Waals surface area contributed by atoms with Crippen molar-refractivity contribution in [2.24, 2.45) is 0 Å². The van der Waals surface area contributed by atoms with E-state index >= 15 is 0 Å². The van der Waals surface area contributed by atoms with Crippen molar-refractivity contribution in [1.29, 1.82) is 0 Å². The van der Waals surface area contributed by atoms with Crippen LogP contribution in [0.2, 0.25) is 0 Å². The largest absolute Gasteiger partial charge is 0.465 e. The Labute approximate surface area is 184 Å². The standard InChI is InChI=1S/C27H43NO2/c1-3-4-5-6-7-8-9-10-11-12-13-14-15-16-17-18-25-22-24-21-23(27(29)30-2)19-20-26(24)28-25/h19-22,28H,3-18H2,1-2H3. The number of carbonyl (C=O) groups excluding carboxylic acids is 1. The van der Waals surface area contributed by atoms with Gasteiger partial charge >= 0.3 is 5.97 Å². The van der Waals surface area contributed by atoms with Gasteiger partial charge in [0.2, 0.25) is 0 Å². The lowest BCUT2D eigenvalue weighted by atomic mass is 10.0. The first-order chi connectivity index (χ1) is 14.7. The van der Waals surface area contributed by atoms with Crippen LogP contribution in [0, 0.1) is 0 Å². The molecule has 0 unspecified atom stereocenters. The minimum atomic E-state index is -0.276. The molecule has 1 N–H and O–H groups in total. The molecule has 0 aliphatic carbocycles. The maximum Gasteiger partial charge on any atom is 0.337 e. The van der Waals surface area contributed by atoms with Crippen molar-refractivity contribution in [3.8, 4) is 0 Å². The van der Waals surface area contributed by atoms with Crippen LogP contribution in [0.15, 0.2) is 24.3 Å². The Morgan fingerprint density at radius 3 is 1.83 bits per heavy atom. The fraction of sp³-hybridized carbons (Fsp3) is 0.667. The highest BCUT2D eigenvalue weighted by Crippen LogP contribution is 2.20. The minimum absolute atomic E-state index is 0.276. The van der Waals surface area contributed by atoms with Crippen molar-refractivity contribution in [2.75, 3.05) is 7.11 Å². The Balaban J connectivity index is 1.46. The normalized spacial score (nSPS) is 11.3. The lowest BCUT2D eigenvalue weighted by Gasteiger charge is -2.03. The zero-order valence-corrected chi connectivity index (χ0v) is 19.4. The predicted molar refractivity (Wildman–Crippen MR) is 128 cm³/mol. The second kappa shape index (κ2) is 15.1. The molecule has 3 nitrogen and oxygen atoms in total. The van der Waals surface area contributed by atoms with E-state index in [1.807, 2.05) is 18.2 Å². The molecular formula is C27H43NO2. The number of nitrogens with one attached hydrogen (secondary N) is 1. The molecule has 0 bridgehead atoms. The molecule has 0 aliphatic heterocycles. The number of aromatic nitrogens is 1. The molecule has 0 fully saturated rings. The predicted octanol–water partition coefficient (Wildman–Crippen LogP) is 8.37. The molecule has 3 heteroatoms. The molecule has 0 amide bonds. The number of methoxy groups -OCH3 is 1.